The molecule has 1 heterocycles. The first-order chi connectivity index (χ1) is 10.4. The largest absolute Gasteiger partial charge is 0.444 e. The zero-order chi connectivity index (χ0) is 16.3. The van der Waals surface area contributed by atoms with Crippen molar-refractivity contribution in [3.63, 3.8) is 0 Å². The molecule has 0 saturated heterocycles. The van der Waals surface area contributed by atoms with Gasteiger partial charge in [-0.15, -0.1) is 0 Å². The van der Waals surface area contributed by atoms with Crippen LogP contribution in [0.2, 0.25) is 0 Å². The molecule has 0 aliphatic heterocycles. The predicted octanol–water partition coefficient (Wildman–Crippen LogP) is 3.37. The molecule has 7 heteroatoms. The maximum absolute atomic E-state index is 11.9. The quantitative estimate of drug-likeness (QED) is 0.783. The van der Waals surface area contributed by atoms with Crippen LogP contribution in [0.25, 0.3) is 11.1 Å². The fourth-order valence-electron chi connectivity index (χ4n) is 2.12. The number of aryl methyl sites for hydroxylation is 1. The minimum absolute atomic E-state index is 0.278. The maximum Gasteiger partial charge on any atom is 0.234 e. The molecule has 0 amide bonds. The van der Waals surface area contributed by atoms with Gasteiger partial charge in [0.05, 0.1) is 11.8 Å². The predicted molar refractivity (Wildman–Crippen MR) is 89.0 cm³/mol. The Labute approximate surface area is 134 Å². The fourth-order valence-corrected chi connectivity index (χ4v) is 3.10. The summed E-state index contributed by atoms with van der Waals surface area (Å²) in [7, 11) is -1.98. The molecule has 0 spiro atoms. The first-order valence-electron chi connectivity index (χ1n) is 6.48. The highest BCUT2D eigenvalue weighted by molar-refractivity contribution is 8.03. The van der Waals surface area contributed by atoms with Crippen molar-refractivity contribution in [3.05, 3.63) is 41.7 Å². The average Bonchev–Trinajstić information content (AvgIpc) is 2.80. The van der Waals surface area contributed by atoms with E-state index in [9.17, 15) is 8.42 Å². The third kappa shape index (κ3) is 3.29. The van der Waals surface area contributed by atoms with Crippen LogP contribution in [0.1, 0.15) is 11.3 Å². The zero-order valence-electron chi connectivity index (χ0n) is 12.5. The van der Waals surface area contributed by atoms with E-state index in [2.05, 4.69) is 0 Å². The first-order valence-corrected chi connectivity index (χ1v) is 9.32. The number of sulfonamides is 1. The molecule has 0 unspecified atom stereocenters. The summed E-state index contributed by atoms with van der Waals surface area (Å²) in [5.41, 5.74) is 2.41. The highest BCUT2D eigenvalue weighted by Crippen LogP contribution is 2.40. The standard InChI is InChI=1S/C15H16N2O3S2/c1-11-13(9-21-10-16)14(12-7-5-4-6-8-12)15(20-11)17(2)22(3,18)19/h4-8H,9H2,1-3H3. The van der Waals surface area contributed by atoms with Crippen LogP contribution in [-0.4, -0.2) is 21.7 Å². The fraction of sp³-hybridized carbons (Fsp3) is 0.267. The number of thiocyanates is 1. The monoisotopic (exact) mass is 336 g/mol. The Morgan fingerprint density at radius 1 is 1.32 bits per heavy atom. The van der Waals surface area contributed by atoms with Gasteiger partial charge in [0.25, 0.3) is 0 Å². The molecule has 0 N–H and O–H groups in total. The van der Waals surface area contributed by atoms with Gasteiger partial charge < -0.3 is 4.42 Å². The van der Waals surface area contributed by atoms with Crippen molar-refractivity contribution in [2.24, 2.45) is 0 Å². The number of furan rings is 1. The van der Waals surface area contributed by atoms with Crippen molar-refractivity contribution in [1.82, 2.24) is 0 Å². The molecular formula is C15H16N2O3S2. The summed E-state index contributed by atoms with van der Waals surface area (Å²) in [5, 5.41) is 10.8. The van der Waals surface area contributed by atoms with Gasteiger partial charge in [0.15, 0.2) is 0 Å². The topological polar surface area (TPSA) is 74.3 Å². The molecular weight excluding hydrogens is 320 g/mol. The summed E-state index contributed by atoms with van der Waals surface area (Å²) >= 11 is 1.09. The van der Waals surface area contributed by atoms with E-state index in [0.717, 1.165) is 33.4 Å². The lowest BCUT2D eigenvalue weighted by Crippen LogP contribution is -2.24. The molecule has 1 aromatic heterocycles. The third-order valence-electron chi connectivity index (χ3n) is 3.32. The molecule has 2 aromatic rings. The SMILES string of the molecule is Cc1oc(N(C)S(C)(=O)=O)c(-c2ccccc2)c1CSC#N. The van der Waals surface area contributed by atoms with E-state index in [0.29, 0.717) is 17.1 Å². The summed E-state index contributed by atoms with van der Waals surface area (Å²) in [6.07, 6.45) is 1.13. The van der Waals surface area contributed by atoms with Crippen LogP contribution in [0.5, 0.6) is 0 Å². The van der Waals surface area contributed by atoms with Gasteiger partial charge in [0, 0.05) is 18.4 Å². The second-order valence-corrected chi connectivity index (χ2v) is 7.57. The van der Waals surface area contributed by atoms with Gasteiger partial charge in [0.2, 0.25) is 15.9 Å². The number of thioether (sulfide) groups is 1. The van der Waals surface area contributed by atoms with E-state index in [1.165, 1.54) is 7.05 Å². The Bertz CT molecular complexity index is 805. The van der Waals surface area contributed by atoms with E-state index in [4.69, 9.17) is 9.68 Å². The molecule has 0 bridgehead atoms. The Morgan fingerprint density at radius 2 is 1.95 bits per heavy atom. The van der Waals surface area contributed by atoms with Crippen LogP contribution in [0.4, 0.5) is 5.88 Å². The van der Waals surface area contributed by atoms with Crippen molar-refractivity contribution in [1.29, 1.82) is 5.26 Å². The Kier molecular flexibility index (Phi) is 4.84. The number of anilines is 1. The summed E-state index contributed by atoms with van der Waals surface area (Å²) in [6.45, 7) is 1.78. The van der Waals surface area contributed by atoms with Gasteiger partial charge in [-0.1, -0.05) is 30.3 Å². The van der Waals surface area contributed by atoms with Gasteiger partial charge in [-0.2, -0.15) is 5.26 Å². The number of rotatable bonds is 5. The summed E-state index contributed by atoms with van der Waals surface area (Å²) in [6, 6.07) is 9.43. The molecule has 0 aliphatic carbocycles. The maximum atomic E-state index is 11.9. The first kappa shape index (κ1) is 16.5. The minimum atomic E-state index is -3.44. The van der Waals surface area contributed by atoms with Crippen LogP contribution < -0.4 is 4.31 Å². The lowest BCUT2D eigenvalue weighted by Gasteiger charge is -2.15. The molecule has 0 fully saturated rings. The van der Waals surface area contributed by atoms with Crippen molar-refractivity contribution >= 4 is 27.7 Å². The lowest BCUT2D eigenvalue weighted by atomic mass is 10.0. The van der Waals surface area contributed by atoms with Crippen molar-refractivity contribution in [2.75, 3.05) is 17.6 Å². The highest BCUT2D eigenvalue weighted by atomic mass is 32.2. The number of benzene rings is 1. The lowest BCUT2D eigenvalue weighted by molar-refractivity contribution is 0.533. The molecule has 0 aliphatic rings. The Balaban J connectivity index is 2.67. The molecule has 116 valence electrons. The molecule has 0 atom stereocenters. The van der Waals surface area contributed by atoms with Crippen LogP contribution in [0.15, 0.2) is 34.7 Å². The molecule has 0 radical (unpaired) electrons. The smallest absolute Gasteiger partial charge is 0.234 e. The number of nitriles is 1. The van der Waals surface area contributed by atoms with Gasteiger partial charge in [-0.05, 0) is 24.2 Å². The molecule has 2 rings (SSSR count). The van der Waals surface area contributed by atoms with Gasteiger partial charge >= 0.3 is 0 Å². The molecule has 22 heavy (non-hydrogen) atoms. The second-order valence-electron chi connectivity index (χ2n) is 4.79. The van der Waals surface area contributed by atoms with Gasteiger partial charge in [0.1, 0.15) is 11.2 Å². The third-order valence-corrected chi connectivity index (χ3v) is 5.04. The molecule has 0 saturated carbocycles. The van der Waals surface area contributed by atoms with E-state index in [1.54, 1.807) is 6.92 Å². The summed E-state index contributed by atoms with van der Waals surface area (Å²) in [4.78, 5) is 0. The van der Waals surface area contributed by atoms with E-state index >= 15 is 0 Å². The second kappa shape index (κ2) is 6.46. The Hall–Kier alpha value is -1.91. The van der Waals surface area contributed by atoms with Crippen molar-refractivity contribution in [3.8, 4) is 16.5 Å². The van der Waals surface area contributed by atoms with E-state index in [-0.39, 0.29) is 5.88 Å². The van der Waals surface area contributed by atoms with Crippen LogP contribution in [0.3, 0.4) is 0 Å². The van der Waals surface area contributed by atoms with Crippen LogP contribution in [-0.2, 0) is 15.8 Å². The molecule has 1 aromatic carbocycles. The van der Waals surface area contributed by atoms with Crippen molar-refractivity contribution < 1.29 is 12.8 Å². The number of hydrogen-bond acceptors (Lipinski definition) is 5. The van der Waals surface area contributed by atoms with Crippen LogP contribution >= 0.6 is 11.8 Å². The van der Waals surface area contributed by atoms with E-state index in [1.807, 2.05) is 35.7 Å². The van der Waals surface area contributed by atoms with Gasteiger partial charge in [-0.25, -0.2) is 12.7 Å². The summed E-state index contributed by atoms with van der Waals surface area (Å²) < 4.78 is 30.6. The van der Waals surface area contributed by atoms with Crippen LogP contribution in [0, 0.1) is 17.6 Å². The van der Waals surface area contributed by atoms with Gasteiger partial charge in [-0.3, -0.25) is 0 Å². The van der Waals surface area contributed by atoms with E-state index < -0.39 is 10.0 Å². The highest BCUT2D eigenvalue weighted by Gasteiger charge is 2.26. The minimum Gasteiger partial charge on any atom is -0.444 e. The zero-order valence-corrected chi connectivity index (χ0v) is 14.2. The van der Waals surface area contributed by atoms with Crippen molar-refractivity contribution in [2.45, 2.75) is 12.7 Å². The molecule has 5 nitrogen and oxygen atoms in total. The average molecular weight is 336 g/mol. The Morgan fingerprint density at radius 3 is 2.50 bits per heavy atom. The normalized spacial score (nSPS) is 11.2. The number of nitrogens with zero attached hydrogens (tertiary/aromatic N) is 2. The number of hydrogen-bond donors (Lipinski definition) is 0. The summed E-state index contributed by atoms with van der Waals surface area (Å²) in [5.74, 6) is 1.33.